The molecule has 1 amide bonds. The maximum atomic E-state index is 12.3. The number of aromatic nitrogens is 2. The van der Waals surface area contributed by atoms with E-state index in [4.69, 9.17) is 0 Å². The molecule has 2 heterocycles. The molecule has 1 aliphatic rings. The maximum Gasteiger partial charge on any atom is 0.222 e. The number of amides is 1. The topological polar surface area (TPSA) is 38.1 Å². The Bertz CT molecular complexity index is 569. The van der Waals surface area contributed by atoms with Crippen molar-refractivity contribution in [3.8, 4) is 0 Å². The summed E-state index contributed by atoms with van der Waals surface area (Å²) in [6.07, 6.45) is 6.22. The molecule has 4 heteroatoms. The molecule has 0 unspecified atom stereocenters. The number of hydrogen-bond donors (Lipinski definition) is 0. The van der Waals surface area contributed by atoms with Crippen molar-refractivity contribution >= 4 is 5.91 Å². The van der Waals surface area contributed by atoms with Gasteiger partial charge in [-0.2, -0.15) is 5.10 Å². The highest BCUT2D eigenvalue weighted by atomic mass is 16.2. The standard InChI is InChI=1S/C18H29N3O/c1-14(2)7-6-9-18(4)10-8-17(22)21(13-18)12-16-11-15(3)19-20(16)5/h7,11H,6,8-10,12-13H2,1-5H3/t18-/m1/s1. The van der Waals surface area contributed by atoms with E-state index in [9.17, 15) is 4.79 Å². The Morgan fingerprint density at radius 3 is 2.77 bits per heavy atom. The van der Waals surface area contributed by atoms with Crippen LogP contribution in [0.25, 0.3) is 0 Å². The molecule has 1 aromatic heterocycles. The van der Waals surface area contributed by atoms with Crippen molar-refractivity contribution in [2.45, 2.75) is 59.9 Å². The molecule has 122 valence electrons. The van der Waals surface area contributed by atoms with Gasteiger partial charge < -0.3 is 4.90 Å². The Hall–Kier alpha value is -1.58. The van der Waals surface area contributed by atoms with Gasteiger partial charge in [0.2, 0.25) is 5.91 Å². The number of hydrogen-bond acceptors (Lipinski definition) is 2. The van der Waals surface area contributed by atoms with Gasteiger partial charge in [0.25, 0.3) is 0 Å². The van der Waals surface area contributed by atoms with Gasteiger partial charge in [0.05, 0.1) is 17.9 Å². The predicted molar refractivity (Wildman–Crippen MR) is 89.4 cm³/mol. The lowest BCUT2D eigenvalue weighted by Crippen LogP contribution is -2.44. The summed E-state index contributed by atoms with van der Waals surface area (Å²) in [5.41, 5.74) is 3.72. The van der Waals surface area contributed by atoms with Crippen LogP contribution in [-0.2, 0) is 18.4 Å². The van der Waals surface area contributed by atoms with Gasteiger partial charge in [-0.05, 0) is 51.5 Å². The van der Waals surface area contributed by atoms with Gasteiger partial charge in [-0.3, -0.25) is 9.48 Å². The first kappa shape index (κ1) is 16.8. The molecular weight excluding hydrogens is 274 g/mol. The predicted octanol–water partition coefficient (Wildman–Crippen LogP) is 3.60. The zero-order chi connectivity index (χ0) is 16.3. The van der Waals surface area contributed by atoms with Crippen molar-refractivity contribution < 1.29 is 4.79 Å². The molecule has 2 rings (SSSR count). The van der Waals surface area contributed by atoms with Crippen molar-refractivity contribution in [1.82, 2.24) is 14.7 Å². The van der Waals surface area contributed by atoms with E-state index in [-0.39, 0.29) is 11.3 Å². The van der Waals surface area contributed by atoms with Crippen molar-refractivity contribution in [1.29, 1.82) is 0 Å². The monoisotopic (exact) mass is 303 g/mol. The number of piperidine rings is 1. The molecule has 1 aromatic rings. The number of nitrogens with zero attached hydrogens (tertiary/aromatic N) is 3. The number of aryl methyl sites for hydroxylation is 2. The Morgan fingerprint density at radius 2 is 2.18 bits per heavy atom. The van der Waals surface area contributed by atoms with Crippen LogP contribution in [0.5, 0.6) is 0 Å². The molecular formula is C18H29N3O. The fraction of sp³-hybridized carbons (Fsp3) is 0.667. The molecule has 1 aliphatic heterocycles. The molecule has 0 saturated carbocycles. The van der Waals surface area contributed by atoms with E-state index in [1.807, 2.05) is 23.6 Å². The van der Waals surface area contributed by atoms with Gasteiger partial charge in [-0.15, -0.1) is 0 Å². The van der Waals surface area contributed by atoms with E-state index in [1.54, 1.807) is 0 Å². The van der Waals surface area contributed by atoms with Crippen LogP contribution in [0.15, 0.2) is 17.7 Å². The zero-order valence-corrected chi connectivity index (χ0v) is 14.6. The minimum absolute atomic E-state index is 0.230. The summed E-state index contributed by atoms with van der Waals surface area (Å²) in [5.74, 6) is 0.276. The van der Waals surface area contributed by atoms with Crippen LogP contribution in [0.2, 0.25) is 0 Å². The Kier molecular flexibility index (Phi) is 5.09. The minimum Gasteiger partial charge on any atom is -0.336 e. The fourth-order valence-corrected chi connectivity index (χ4v) is 3.26. The van der Waals surface area contributed by atoms with Crippen LogP contribution >= 0.6 is 0 Å². The lowest BCUT2D eigenvalue weighted by molar-refractivity contribution is -0.138. The second kappa shape index (κ2) is 6.67. The van der Waals surface area contributed by atoms with Crippen molar-refractivity contribution in [3.05, 3.63) is 29.1 Å². The van der Waals surface area contributed by atoms with E-state index >= 15 is 0 Å². The first-order valence-corrected chi connectivity index (χ1v) is 8.20. The summed E-state index contributed by atoms with van der Waals surface area (Å²) in [6, 6.07) is 2.07. The first-order valence-electron chi connectivity index (χ1n) is 8.20. The molecule has 0 spiro atoms. The van der Waals surface area contributed by atoms with Crippen molar-refractivity contribution in [3.63, 3.8) is 0 Å². The number of carbonyl (C=O) groups excluding carboxylic acids is 1. The van der Waals surface area contributed by atoms with Gasteiger partial charge in [0.1, 0.15) is 0 Å². The van der Waals surface area contributed by atoms with Crippen LogP contribution in [0.4, 0.5) is 0 Å². The maximum absolute atomic E-state index is 12.3. The third-order valence-electron chi connectivity index (χ3n) is 4.62. The normalized spacial score (nSPS) is 22.0. The summed E-state index contributed by atoms with van der Waals surface area (Å²) < 4.78 is 1.89. The van der Waals surface area contributed by atoms with Gasteiger partial charge >= 0.3 is 0 Å². The number of allylic oxidation sites excluding steroid dienone is 2. The van der Waals surface area contributed by atoms with Gasteiger partial charge in [-0.1, -0.05) is 18.6 Å². The second-order valence-electron chi connectivity index (χ2n) is 7.28. The van der Waals surface area contributed by atoms with E-state index < -0.39 is 0 Å². The highest BCUT2D eigenvalue weighted by molar-refractivity contribution is 5.77. The quantitative estimate of drug-likeness (QED) is 0.779. The third kappa shape index (κ3) is 4.21. The minimum atomic E-state index is 0.230. The average Bonchev–Trinajstić information content (AvgIpc) is 2.72. The van der Waals surface area contributed by atoms with E-state index in [2.05, 4.69) is 38.0 Å². The molecule has 0 aromatic carbocycles. The third-order valence-corrected chi connectivity index (χ3v) is 4.62. The molecule has 0 radical (unpaired) electrons. The van der Waals surface area contributed by atoms with Gasteiger partial charge in [0.15, 0.2) is 0 Å². The van der Waals surface area contributed by atoms with Crippen molar-refractivity contribution in [2.24, 2.45) is 12.5 Å². The number of carbonyl (C=O) groups is 1. The van der Waals surface area contributed by atoms with Crippen molar-refractivity contribution in [2.75, 3.05) is 6.54 Å². The van der Waals surface area contributed by atoms with Gasteiger partial charge in [0, 0.05) is 20.0 Å². The van der Waals surface area contributed by atoms with Crippen LogP contribution in [0.1, 0.15) is 57.8 Å². The summed E-state index contributed by atoms with van der Waals surface area (Å²) in [6.45, 7) is 10.1. The highest BCUT2D eigenvalue weighted by Gasteiger charge is 2.34. The highest BCUT2D eigenvalue weighted by Crippen LogP contribution is 2.35. The second-order valence-corrected chi connectivity index (χ2v) is 7.28. The Labute approximate surface area is 134 Å². The summed E-state index contributed by atoms with van der Waals surface area (Å²) in [4.78, 5) is 14.3. The van der Waals surface area contributed by atoms with E-state index in [1.165, 1.54) is 5.57 Å². The van der Waals surface area contributed by atoms with Gasteiger partial charge in [-0.25, -0.2) is 0 Å². The molecule has 22 heavy (non-hydrogen) atoms. The first-order chi connectivity index (χ1) is 10.3. The van der Waals surface area contributed by atoms with Crippen LogP contribution in [0.3, 0.4) is 0 Å². The number of rotatable bonds is 5. The lowest BCUT2D eigenvalue weighted by Gasteiger charge is -2.40. The van der Waals surface area contributed by atoms with E-state index in [0.717, 1.165) is 37.2 Å². The molecule has 1 atom stereocenters. The average molecular weight is 303 g/mol. The zero-order valence-electron chi connectivity index (χ0n) is 14.6. The SMILES string of the molecule is CC(C)=CCC[C@]1(C)CCC(=O)N(Cc2cc(C)nn2C)C1. The lowest BCUT2D eigenvalue weighted by atomic mass is 9.77. The van der Waals surface area contributed by atoms with E-state index in [0.29, 0.717) is 13.0 Å². The van der Waals surface area contributed by atoms with Crippen LogP contribution in [-0.4, -0.2) is 27.1 Å². The Morgan fingerprint density at radius 1 is 1.45 bits per heavy atom. The molecule has 4 nitrogen and oxygen atoms in total. The molecule has 0 N–H and O–H groups in total. The summed E-state index contributed by atoms with van der Waals surface area (Å²) in [7, 11) is 1.95. The van der Waals surface area contributed by atoms with Crippen LogP contribution < -0.4 is 0 Å². The summed E-state index contributed by atoms with van der Waals surface area (Å²) >= 11 is 0. The summed E-state index contributed by atoms with van der Waals surface area (Å²) in [5, 5.41) is 4.38. The largest absolute Gasteiger partial charge is 0.336 e. The number of likely N-dealkylation sites (tertiary alicyclic amines) is 1. The molecule has 1 fully saturated rings. The smallest absolute Gasteiger partial charge is 0.222 e. The Balaban J connectivity index is 2.02. The molecule has 1 saturated heterocycles. The molecule has 0 bridgehead atoms. The van der Waals surface area contributed by atoms with Crippen LogP contribution in [0, 0.1) is 12.3 Å². The fourth-order valence-electron chi connectivity index (χ4n) is 3.26. The molecule has 0 aliphatic carbocycles.